The molecule has 0 aromatic heterocycles. The molecule has 31 heavy (non-hydrogen) atoms. The van der Waals surface area contributed by atoms with Gasteiger partial charge in [-0.05, 0) is 29.8 Å². The fourth-order valence-electron chi connectivity index (χ4n) is 5.45. The summed E-state index contributed by atoms with van der Waals surface area (Å²) in [6.45, 7) is 2.49. The van der Waals surface area contributed by atoms with Crippen LogP contribution in [0.4, 0.5) is 0 Å². The van der Waals surface area contributed by atoms with Crippen molar-refractivity contribution in [3.8, 4) is 0 Å². The number of benzene rings is 4. The average Bonchev–Trinajstić information content (AvgIpc) is 2.86. The first-order chi connectivity index (χ1) is 15.2. The Labute approximate surface area is 187 Å². The molecule has 1 aliphatic heterocycles. The molecule has 1 aliphatic rings. The standard InChI is InChI=1S/C28H28OSi2/c1-30(25-16-8-3-9-17-25)29-28(24-14-6-2-7-15-24)22-23-31(30,26-18-10-4-11-19-26)27-20-12-5-13-21-27/h2-21,28H,22-23H2,1H3. The van der Waals surface area contributed by atoms with Gasteiger partial charge in [0, 0.05) is 0 Å². The van der Waals surface area contributed by atoms with Crippen LogP contribution < -0.4 is 15.6 Å². The van der Waals surface area contributed by atoms with E-state index in [1.165, 1.54) is 27.2 Å². The van der Waals surface area contributed by atoms with Gasteiger partial charge in [-0.15, -0.1) is 0 Å². The van der Waals surface area contributed by atoms with E-state index in [4.69, 9.17) is 4.43 Å². The van der Waals surface area contributed by atoms with Crippen molar-refractivity contribution in [2.24, 2.45) is 0 Å². The van der Waals surface area contributed by atoms with E-state index < -0.39 is 15.4 Å². The number of rotatable bonds is 4. The van der Waals surface area contributed by atoms with Crippen LogP contribution in [0.2, 0.25) is 12.6 Å². The summed E-state index contributed by atoms with van der Waals surface area (Å²) < 4.78 is 7.37. The third-order valence-corrected chi connectivity index (χ3v) is 23.1. The fourth-order valence-corrected chi connectivity index (χ4v) is 21.8. The number of hydrogen-bond acceptors (Lipinski definition) is 1. The maximum absolute atomic E-state index is 7.37. The van der Waals surface area contributed by atoms with Gasteiger partial charge >= 0.3 is 0 Å². The van der Waals surface area contributed by atoms with Gasteiger partial charge in [-0.25, -0.2) is 0 Å². The van der Waals surface area contributed by atoms with Crippen LogP contribution >= 0.6 is 0 Å². The van der Waals surface area contributed by atoms with Gasteiger partial charge < -0.3 is 4.43 Å². The summed E-state index contributed by atoms with van der Waals surface area (Å²) in [5.41, 5.74) is 1.31. The summed E-state index contributed by atoms with van der Waals surface area (Å²) >= 11 is 0. The number of hydrogen-bond donors (Lipinski definition) is 0. The minimum Gasteiger partial charge on any atom is -0.408 e. The van der Waals surface area contributed by atoms with Crippen molar-refractivity contribution in [2.75, 3.05) is 0 Å². The monoisotopic (exact) mass is 436 g/mol. The lowest BCUT2D eigenvalue weighted by Crippen LogP contribution is -2.82. The van der Waals surface area contributed by atoms with E-state index in [1.54, 1.807) is 0 Å². The van der Waals surface area contributed by atoms with E-state index in [-0.39, 0.29) is 6.10 Å². The molecule has 0 saturated carbocycles. The molecule has 1 saturated heterocycles. The summed E-state index contributed by atoms with van der Waals surface area (Å²) in [6.07, 6.45) is 1.22. The van der Waals surface area contributed by atoms with Gasteiger partial charge in [0.1, 0.15) is 7.59 Å². The maximum Gasteiger partial charge on any atom is 0.218 e. The molecule has 2 unspecified atom stereocenters. The second-order valence-corrected chi connectivity index (χ2v) is 20.4. The molecule has 0 aliphatic carbocycles. The molecule has 4 aromatic carbocycles. The van der Waals surface area contributed by atoms with Crippen LogP contribution in [0.1, 0.15) is 18.1 Å². The van der Waals surface area contributed by atoms with Crippen molar-refractivity contribution < 1.29 is 4.43 Å². The van der Waals surface area contributed by atoms with Crippen LogP contribution in [0.25, 0.3) is 0 Å². The Morgan fingerprint density at radius 3 is 1.48 bits per heavy atom. The molecule has 1 fully saturated rings. The Balaban J connectivity index is 1.75. The molecule has 0 amide bonds. The summed E-state index contributed by atoms with van der Waals surface area (Å²) in [7, 11) is -4.57. The Kier molecular flexibility index (Phi) is 5.49. The molecule has 4 aromatic rings. The van der Waals surface area contributed by atoms with Crippen LogP contribution in [-0.2, 0) is 4.43 Å². The molecule has 1 heterocycles. The smallest absolute Gasteiger partial charge is 0.218 e. The van der Waals surface area contributed by atoms with Crippen molar-refractivity contribution in [3.05, 3.63) is 127 Å². The molecule has 0 spiro atoms. The Bertz CT molecular complexity index is 1080. The van der Waals surface area contributed by atoms with Crippen molar-refractivity contribution in [2.45, 2.75) is 25.1 Å². The maximum atomic E-state index is 7.37. The van der Waals surface area contributed by atoms with E-state index in [0.29, 0.717) is 0 Å². The highest BCUT2D eigenvalue weighted by atomic mass is 29.3. The predicted molar refractivity (Wildman–Crippen MR) is 135 cm³/mol. The van der Waals surface area contributed by atoms with Crippen LogP contribution in [0.5, 0.6) is 0 Å². The SMILES string of the molecule is C[Si]1(c2ccccc2)OC(c2ccccc2)CC[Si]1(c1ccccc1)c1ccccc1. The molecule has 3 heteroatoms. The minimum atomic E-state index is -2.38. The van der Waals surface area contributed by atoms with E-state index in [0.717, 1.165) is 6.42 Å². The first-order valence-corrected chi connectivity index (χ1v) is 16.7. The van der Waals surface area contributed by atoms with Gasteiger partial charge in [0.15, 0.2) is 0 Å². The van der Waals surface area contributed by atoms with Crippen LogP contribution in [-0.4, -0.2) is 15.4 Å². The third kappa shape index (κ3) is 3.43. The lowest BCUT2D eigenvalue weighted by Gasteiger charge is -2.52. The molecule has 5 rings (SSSR count). The lowest BCUT2D eigenvalue weighted by atomic mass is 10.1. The zero-order valence-corrected chi connectivity index (χ0v) is 19.9. The van der Waals surface area contributed by atoms with Crippen LogP contribution in [0, 0.1) is 0 Å². The van der Waals surface area contributed by atoms with Crippen molar-refractivity contribution in [3.63, 3.8) is 0 Å². The van der Waals surface area contributed by atoms with E-state index in [9.17, 15) is 0 Å². The minimum absolute atomic E-state index is 0.158. The van der Waals surface area contributed by atoms with E-state index in [2.05, 4.69) is 128 Å². The largest absolute Gasteiger partial charge is 0.408 e. The quantitative estimate of drug-likeness (QED) is 0.410. The summed E-state index contributed by atoms with van der Waals surface area (Å²) in [4.78, 5) is 0. The second kappa shape index (κ2) is 8.42. The first-order valence-electron chi connectivity index (χ1n) is 11.1. The van der Waals surface area contributed by atoms with E-state index >= 15 is 0 Å². The van der Waals surface area contributed by atoms with Crippen LogP contribution in [0.3, 0.4) is 0 Å². The molecule has 1 nitrogen and oxygen atoms in total. The molecule has 0 N–H and O–H groups in total. The zero-order chi connectivity index (χ0) is 21.2. The molecular formula is C28H28OSi2. The van der Waals surface area contributed by atoms with Gasteiger partial charge in [0.25, 0.3) is 0 Å². The third-order valence-electron chi connectivity index (χ3n) is 7.00. The molecular weight excluding hydrogens is 408 g/mol. The highest BCUT2D eigenvalue weighted by molar-refractivity contribution is 7.53. The Morgan fingerprint density at radius 2 is 1.00 bits per heavy atom. The lowest BCUT2D eigenvalue weighted by molar-refractivity contribution is 0.193. The van der Waals surface area contributed by atoms with Crippen molar-refractivity contribution >= 4 is 31.0 Å². The van der Waals surface area contributed by atoms with Gasteiger partial charge in [-0.1, -0.05) is 132 Å². The van der Waals surface area contributed by atoms with E-state index in [1.807, 2.05) is 0 Å². The van der Waals surface area contributed by atoms with Gasteiger partial charge in [-0.3, -0.25) is 0 Å². The topological polar surface area (TPSA) is 9.23 Å². The average molecular weight is 437 g/mol. The second-order valence-electron chi connectivity index (χ2n) is 8.59. The molecule has 0 radical (unpaired) electrons. The van der Waals surface area contributed by atoms with Gasteiger partial charge in [-0.2, -0.15) is 0 Å². The van der Waals surface area contributed by atoms with Gasteiger partial charge in [0.05, 0.1) is 6.10 Å². The zero-order valence-electron chi connectivity index (χ0n) is 17.9. The van der Waals surface area contributed by atoms with Crippen molar-refractivity contribution in [1.82, 2.24) is 0 Å². The van der Waals surface area contributed by atoms with Crippen LogP contribution in [0.15, 0.2) is 121 Å². The Hall–Kier alpha value is -2.73. The van der Waals surface area contributed by atoms with Crippen molar-refractivity contribution in [1.29, 1.82) is 0 Å². The predicted octanol–water partition coefficient (Wildman–Crippen LogP) is 4.97. The molecule has 2 atom stereocenters. The normalized spacial score (nSPS) is 22.7. The molecule has 0 bridgehead atoms. The highest BCUT2D eigenvalue weighted by Crippen LogP contribution is 2.40. The summed E-state index contributed by atoms with van der Waals surface area (Å²) in [6, 6.07) is 45.6. The van der Waals surface area contributed by atoms with Gasteiger partial charge in [0.2, 0.25) is 7.83 Å². The highest BCUT2D eigenvalue weighted by Gasteiger charge is 2.60. The summed E-state index contributed by atoms with van der Waals surface area (Å²) in [5, 5.41) is 4.42. The fraction of sp³-hybridized carbons (Fsp3) is 0.143. The molecule has 154 valence electrons. The summed E-state index contributed by atoms with van der Waals surface area (Å²) in [5.74, 6) is 0. The first kappa shape index (κ1) is 20.2. The Morgan fingerprint density at radius 1 is 0.581 bits per heavy atom.